The molecule has 2 fully saturated rings. The van der Waals surface area contributed by atoms with E-state index in [4.69, 9.17) is 65.6 Å². The Morgan fingerprint density at radius 3 is 1.32 bits per heavy atom. The van der Waals surface area contributed by atoms with Crippen molar-refractivity contribution in [2.75, 3.05) is 98.6 Å². The number of ether oxygens (including phenoxy) is 2. The number of carbonyl (C=O) groups excluding carboxylic acids is 4. The van der Waals surface area contributed by atoms with Gasteiger partial charge in [0.2, 0.25) is 0 Å². The minimum atomic E-state index is -0.975. The number of halogens is 4. The van der Waals surface area contributed by atoms with Crippen LogP contribution in [0.25, 0.3) is 0 Å². The van der Waals surface area contributed by atoms with Gasteiger partial charge >= 0.3 is 11.9 Å². The molecule has 0 saturated carbocycles. The van der Waals surface area contributed by atoms with Crippen molar-refractivity contribution in [2.24, 2.45) is 0 Å². The number of amides is 2. The van der Waals surface area contributed by atoms with Gasteiger partial charge in [0, 0.05) is 89.5 Å². The average molecular weight is 1010 g/mol. The van der Waals surface area contributed by atoms with E-state index >= 15 is 0 Å². The highest BCUT2D eigenvalue weighted by molar-refractivity contribution is 6.44. The second kappa shape index (κ2) is 23.4. The molecule has 0 unspecified atom stereocenters. The van der Waals surface area contributed by atoms with Crippen molar-refractivity contribution in [1.82, 2.24) is 9.80 Å². The van der Waals surface area contributed by atoms with Gasteiger partial charge in [-0.15, -0.1) is 10.1 Å². The maximum absolute atomic E-state index is 13.0. The number of piperazine rings is 2. The summed E-state index contributed by atoms with van der Waals surface area (Å²) in [7, 11) is 0. The quantitative estimate of drug-likeness (QED) is 0.0698. The number of hydrogen-bond donors (Lipinski definition) is 0. The molecule has 8 rings (SSSR count). The third-order valence-electron chi connectivity index (χ3n) is 12.5. The molecule has 18 heteroatoms. The van der Waals surface area contributed by atoms with E-state index in [-0.39, 0.29) is 12.8 Å². The summed E-state index contributed by atoms with van der Waals surface area (Å²) in [6.45, 7) is 9.95. The number of hydrogen-bond acceptors (Lipinski definition) is 12. The zero-order valence-electron chi connectivity index (χ0n) is 37.7. The molecule has 360 valence electrons. The van der Waals surface area contributed by atoms with Gasteiger partial charge in [-0.25, -0.2) is 9.59 Å². The first kappa shape index (κ1) is 49.2. The Balaban J connectivity index is 0.759. The van der Waals surface area contributed by atoms with Crippen LogP contribution in [0.3, 0.4) is 0 Å². The summed E-state index contributed by atoms with van der Waals surface area (Å²) in [6, 6.07) is 22.2. The fraction of sp³-hybridized carbons (Fsp3) is 0.400. The molecule has 2 saturated heterocycles. The summed E-state index contributed by atoms with van der Waals surface area (Å²) in [5.74, 6) is -1.71. The first-order chi connectivity index (χ1) is 33.0. The van der Waals surface area contributed by atoms with Gasteiger partial charge in [-0.1, -0.05) is 70.7 Å². The number of benzene rings is 4. The molecule has 4 aliphatic heterocycles. The van der Waals surface area contributed by atoms with E-state index in [1.807, 2.05) is 48.5 Å². The fourth-order valence-corrected chi connectivity index (χ4v) is 9.58. The third-order valence-corrected chi connectivity index (χ3v) is 14.1. The Kier molecular flexibility index (Phi) is 16.9. The van der Waals surface area contributed by atoms with E-state index in [0.29, 0.717) is 69.0 Å². The minimum Gasteiger partial charge on any atom is -0.494 e. The Bertz CT molecular complexity index is 2330. The summed E-state index contributed by atoms with van der Waals surface area (Å²) in [5.41, 5.74) is 4.33. The minimum absolute atomic E-state index is 0.134. The number of carbonyl (C=O) groups is 4. The van der Waals surface area contributed by atoms with Crippen LogP contribution in [0.4, 0.5) is 22.7 Å². The summed E-state index contributed by atoms with van der Waals surface area (Å²) in [5, 5.41) is 4.17. The van der Waals surface area contributed by atoms with E-state index in [1.165, 1.54) is 0 Å². The summed E-state index contributed by atoms with van der Waals surface area (Å²) in [6.07, 6.45) is 6.47. The van der Waals surface area contributed by atoms with Gasteiger partial charge in [0.15, 0.2) is 0 Å². The molecule has 2 amide bonds. The molecular formula is C50H54Cl4N6O8. The van der Waals surface area contributed by atoms with E-state index in [1.54, 1.807) is 24.3 Å². The third kappa shape index (κ3) is 12.5. The normalized spacial score (nSPS) is 16.8. The van der Waals surface area contributed by atoms with Crippen LogP contribution in [0.1, 0.15) is 49.7 Å². The topological polar surface area (TPSA) is 125 Å². The Hall–Kier alpha value is -5.22. The van der Waals surface area contributed by atoms with Gasteiger partial charge in [0.05, 0.1) is 56.1 Å². The highest BCUT2D eigenvalue weighted by Crippen LogP contribution is 2.36. The molecule has 0 aliphatic carbocycles. The van der Waals surface area contributed by atoms with Crippen LogP contribution < -0.4 is 29.4 Å². The second-order valence-corrected chi connectivity index (χ2v) is 18.6. The van der Waals surface area contributed by atoms with Crippen LogP contribution in [-0.2, 0) is 41.7 Å². The van der Waals surface area contributed by atoms with Crippen LogP contribution in [-0.4, -0.2) is 112 Å². The van der Waals surface area contributed by atoms with Gasteiger partial charge in [-0.3, -0.25) is 19.4 Å². The monoisotopic (exact) mass is 1010 g/mol. The van der Waals surface area contributed by atoms with E-state index in [2.05, 4.69) is 19.6 Å². The number of hydroxylamine groups is 2. The predicted molar refractivity (Wildman–Crippen MR) is 266 cm³/mol. The van der Waals surface area contributed by atoms with Crippen molar-refractivity contribution in [3.63, 3.8) is 0 Å². The number of aryl methyl sites for hydroxylation is 2. The van der Waals surface area contributed by atoms with E-state index in [9.17, 15) is 19.2 Å². The Morgan fingerprint density at radius 1 is 0.500 bits per heavy atom. The summed E-state index contributed by atoms with van der Waals surface area (Å²) in [4.78, 5) is 72.3. The molecule has 4 heterocycles. The lowest BCUT2D eigenvalue weighted by atomic mass is 10.0. The highest BCUT2D eigenvalue weighted by atomic mass is 35.5. The standard InChI is InChI=1S/C50H54Cl4N6O8/c51-39-7-5-9-41(49(39)53)57-27-23-55(24-28-57)21-1-3-31-65-37-15-11-35-13-17-45(61)59(43(35)33-37)67-47(63)19-20-48(64)68-60-44-34-38(16-12-36(44)14-18-46(60)62)66-32-4-2-22-56-25-29-58(30-26-56)42-10-6-8-40(52)50(42)54/h5-12,15-16,19-20,33-34H,1-4,13-14,17-18,21-32H2/b20-19-. The zero-order chi connectivity index (χ0) is 47.6. The van der Waals surface area contributed by atoms with Crippen LogP contribution in [0.5, 0.6) is 11.5 Å². The number of nitrogens with zero attached hydrogens (tertiary/aromatic N) is 6. The second-order valence-electron chi connectivity index (χ2n) is 17.0. The fourth-order valence-electron chi connectivity index (χ4n) is 8.75. The molecule has 0 N–H and O–H groups in total. The van der Waals surface area contributed by atoms with Gasteiger partial charge in [-0.2, -0.15) is 0 Å². The SMILES string of the molecule is O=C(/C=C\C(=O)ON1C(=O)CCc2ccc(OCCCCN3CCN(c4cccc(Cl)c4Cl)CC3)cc21)ON1C(=O)CCc2ccc(OCCCCN3CCN(c4cccc(Cl)c4Cl)CC3)cc21. The molecule has 0 bridgehead atoms. The van der Waals surface area contributed by atoms with E-state index in [0.717, 1.165) is 136 Å². The first-order valence-electron chi connectivity index (χ1n) is 23.1. The van der Waals surface area contributed by atoms with Gasteiger partial charge in [0.25, 0.3) is 11.8 Å². The largest absolute Gasteiger partial charge is 0.494 e. The van der Waals surface area contributed by atoms with Gasteiger partial charge in [0.1, 0.15) is 11.5 Å². The smallest absolute Gasteiger partial charge is 0.356 e. The van der Waals surface area contributed by atoms with Gasteiger partial charge < -0.3 is 28.9 Å². The maximum atomic E-state index is 13.0. The molecule has 4 aromatic rings. The number of rotatable bonds is 18. The van der Waals surface area contributed by atoms with Crippen LogP contribution >= 0.6 is 46.4 Å². The van der Waals surface area contributed by atoms with Gasteiger partial charge in [-0.05, 0) is 99.1 Å². The van der Waals surface area contributed by atoms with Crippen LogP contribution in [0.15, 0.2) is 84.9 Å². The summed E-state index contributed by atoms with van der Waals surface area (Å²) >= 11 is 25.3. The molecule has 4 aliphatic rings. The molecule has 0 aromatic heterocycles. The molecular weight excluding hydrogens is 954 g/mol. The molecule has 0 radical (unpaired) electrons. The Labute approximate surface area is 416 Å². The van der Waals surface area contributed by atoms with Crippen LogP contribution in [0.2, 0.25) is 20.1 Å². The molecule has 4 aromatic carbocycles. The Morgan fingerprint density at radius 2 is 0.912 bits per heavy atom. The maximum Gasteiger partial charge on any atom is 0.356 e. The lowest BCUT2D eigenvalue weighted by molar-refractivity contribution is -0.147. The molecule has 14 nitrogen and oxygen atoms in total. The number of unbranched alkanes of at least 4 members (excludes halogenated alkanes) is 2. The zero-order valence-corrected chi connectivity index (χ0v) is 40.7. The van der Waals surface area contributed by atoms with Crippen molar-refractivity contribution in [2.45, 2.75) is 51.4 Å². The van der Waals surface area contributed by atoms with Crippen molar-refractivity contribution in [1.29, 1.82) is 0 Å². The van der Waals surface area contributed by atoms with Crippen LogP contribution in [0, 0.1) is 0 Å². The molecule has 0 spiro atoms. The van der Waals surface area contributed by atoms with Crippen molar-refractivity contribution >= 4 is 92.9 Å². The lowest BCUT2D eigenvalue weighted by Crippen LogP contribution is -2.46. The molecule has 0 atom stereocenters. The average Bonchev–Trinajstić information content (AvgIpc) is 3.34. The molecule has 68 heavy (non-hydrogen) atoms. The van der Waals surface area contributed by atoms with E-state index < -0.39 is 23.8 Å². The lowest BCUT2D eigenvalue weighted by Gasteiger charge is -2.36. The van der Waals surface area contributed by atoms with Crippen molar-refractivity contribution < 1.29 is 38.3 Å². The van der Waals surface area contributed by atoms with Crippen molar-refractivity contribution in [3.8, 4) is 11.5 Å². The number of anilines is 4. The number of fused-ring (bicyclic) bond motifs is 2. The first-order valence-corrected chi connectivity index (χ1v) is 24.6. The highest BCUT2D eigenvalue weighted by Gasteiger charge is 2.30. The summed E-state index contributed by atoms with van der Waals surface area (Å²) < 4.78 is 12.1. The predicted octanol–water partition coefficient (Wildman–Crippen LogP) is 8.99. The van der Waals surface area contributed by atoms with Crippen molar-refractivity contribution in [3.05, 3.63) is 116 Å².